The first kappa shape index (κ1) is 20.8. The molecule has 4 rings (SSSR count). The van der Waals surface area contributed by atoms with Gasteiger partial charge in [0.1, 0.15) is 17.4 Å². The number of thiocarbonyl (C=S) groups is 1. The summed E-state index contributed by atoms with van der Waals surface area (Å²) in [4.78, 5) is 6.68. The maximum Gasteiger partial charge on any atom is 0.173 e. The molecule has 0 amide bonds. The van der Waals surface area contributed by atoms with Gasteiger partial charge in [-0.05, 0) is 57.1 Å². The van der Waals surface area contributed by atoms with Crippen LogP contribution in [-0.2, 0) is 6.54 Å². The van der Waals surface area contributed by atoms with E-state index in [2.05, 4.69) is 24.9 Å². The predicted molar refractivity (Wildman–Crippen MR) is 118 cm³/mol. The molecule has 0 radical (unpaired) electrons. The second-order valence-electron chi connectivity index (χ2n) is 7.53. The fraction of sp³-hybridized carbons (Fsp3) is 0.381. The summed E-state index contributed by atoms with van der Waals surface area (Å²) in [5.41, 5.74) is 2.30. The van der Waals surface area contributed by atoms with Gasteiger partial charge in [0.15, 0.2) is 5.11 Å². The molecular formula is C21H23ClFN5OS. The number of halogens is 2. The Morgan fingerprint density at radius 2 is 2.10 bits per heavy atom. The van der Waals surface area contributed by atoms with Crippen LogP contribution >= 0.6 is 23.8 Å². The summed E-state index contributed by atoms with van der Waals surface area (Å²) in [6, 6.07) is 4.39. The molecule has 6 nitrogen and oxygen atoms in total. The largest absolute Gasteiger partial charge is 0.361 e. The summed E-state index contributed by atoms with van der Waals surface area (Å²) in [5.74, 6) is 1.86. The number of benzene rings is 1. The molecule has 1 aliphatic heterocycles. The number of aromatic nitrogens is 3. The van der Waals surface area contributed by atoms with E-state index in [1.807, 2.05) is 26.2 Å². The van der Waals surface area contributed by atoms with Crippen LogP contribution < -0.4 is 5.32 Å². The van der Waals surface area contributed by atoms with E-state index in [-0.39, 0.29) is 5.82 Å². The Kier molecular flexibility index (Phi) is 6.06. The van der Waals surface area contributed by atoms with Crippen LogP contribution in [0.25, 0.3) is 0 Å². The molecule has 0 saturated carbocycles. The molecule has 3 aromatic rings. The third kappa shape index (κ3) is 4.34. The lowest BCUT2D eigenvalue weighted by molar-refractivity contribution is 0.306. The number of aryl methyl sites for hydroxylation is 2. The zero-order valence-electron chi connectivity index (χ0n) is 16.9. The zero-order valence-corrected chi connectivity index (χ0v) is 18.4. The maximum absolute atomic E-state index is 14.0. The number of hydrogen-bond acceptors (Lipinski definition) is 4. The minimum Gasteiger partial charge on any atom is -0.361 e. The van der Waals surface area contributed by atoms with Gasteiger partial charge in [0, 0.05) is 42.0 Å². The summed E-state index contributed by atoms with van der Waals surface area (Å²) in [5, 5.41) is 8.00. The van der Waals surface area contributed by atoms with Crippen molar-refractivity contribution in [2.24, 2.45) is 0 Å². The van der Waals surface area contributed by atoms with Crippen LogP contribution in [0.5, 0.6) is 0 Å². The number of nitrogens with zero attached hydrogens (tertiary/aromatic N) is 4. The van der Waals surface area contributed by atoms with E-state index < -0.39 is 0 Å². The molecule has 2 aromatic heterocycles. The van der Waals surface area contributed by atoms with Gasteiger partial charge in [-0.15, -0.1) is 0 Å². The Bertz CT molecular complexity index is 1040. The van der Waals surface area contributed by atoms with E-state index in [0.29, 0.717) is 28.3 Å². The highest BCUT2D eigenvalue weighted by Crippen LogP contribution is 2.29. The summed E-state index contributed by atoms with van der Waals surface area (Å²) >= 11 is 11.5. The average molecular weight is 448 g/mol. The lowest BCUT2D eigenvalue weighted by Gasteiger charge is -2.33. The van der Waals surface area contributed by atoms with Crippen molar-refractivity contribution >= 4 is 34.6 Å². The maximum atomic E-state index is 14.0. The van der Waals surface area contributed by atoms with Crippen molar-refractivity contribution in [1.29, 1.82) is 0 Å². The van der Waals surface area contributed by atoms with Gasteiger partial charge in [-0.25, -0.2) is 9.37 Å². The van der Waals surface area contributed by atoms with Gasteiger partial charge in [-0.3, -0.25) is 0 Å². The summed E-state index contributed by atoms with van der Waals surface area (Å²) in [6.45, 7) is 6.14. The first-order valence-corrected chi connectivity index (χ1v) is 10.6. The molecule has 0 aliphatic carbocycles. The van der Waals surface area contributed by atoms with Crippen LogP contribution in [0.4, 0.5) is 10.1 Å². The van der Waals surface area contributed by atoms with Crippen molar-refractivity contribution in [1.82, 2.24) is 19.6 Å². The molecule has 1 fully saturated rings. The third-order valence-electron chi connectivity index (χ3n) is 5.57. The molecule has 1 aromatic carbocycles. The molecule has 1 saturated heterocycles. The highest BCUT2D eigenvalue weighted by atomic mass is 35.5. The molecule has 9 heteroatoms. The zero-order chi connectivity index (χ0) is 21.3. The Morgan fingerprint density at radius 3 is 2.80 bits per heavy atom. The molecule has 1 aliphatic rings. The summed E-state index contributed by atoms with van der Waals surface area (Å²) in [7, 11) is 0. The van der Waals surface area contributed by atoms with E-state index in [1.165, 1.54) is 12.1 Å². The summed E-state index contributed by atoms with van der Waals surface area (Å²) < 4.78 is 21.4. The van der Waals surface area contributed by atoms with Gasteiger partial charge in [-0.1, -0.05) is 16.8 Å². The quantitative estimate of drug-likeness (QED) is 0.574. The number of hydrogen-bond donors (Lipinski definition) is 1. The standard InChI is InChI=1S/C21H23ClFN5OS/c1-13-17(14(2)29-26-13)12-28-10-7-24-20(28)15-5-8-27(9-6-15)21(30)25-19-11-16(22)3-4-18(19)23/h3-4,7,10-11,15H,5-6,8-9,12H2,1-2H3,(H,25,30). The Hall–Kier alpha value is -2.45. The van der Waals surface area contributed by atoms with Crippen molar-refractivity contribution in [3.63, 3.8) is 0 Å². The van der Waals surface area contributed by atoms with Gasteiger partial charge >= 0.3 is 0 Å². The van der Waals surface area contributed by atoms with E-state index in [9.17, 15) is 4.39 Å². The van der Waals surface area contributed by atoms with Crippen molar-refractivity contribution in [2.75, 3.05) is 18.4 Å². The van der Waals surface area contributed by atoms with Crippen molar-refractivity contribution < 1.29 is 8.91 Å². The van der Waals surface area contributed by atoms with Crippen LogP contribution in [0.15, 0.2) is 35.1 Å². The van der Waals surface area contributed by atoms with Gasteiger partial charge < -0.3 is 19.3 Å². The second kappa shape index (κ2) is 8.73. The van der Waals surface area contributed by atoms with Gasteiger partial charge in [-0.2, -0.15) is 0 Å². The molecule has 1 N–H and O–H groups in total. The molecule has 0 spiro atoms. The molecule has 3 heterocycles. The monoisotopic (exact) mass is 447 g/mol. The first-order valence-electron chi connectivity index (χ1n) is 9.86. The average Bonchev–Trinajstić information content (AvgIpc) is 3.33. The number of imidazole rings is 1. The van der Waals surface area contributed by atoms with Crippen LogP contribution in [-0.4, -0.2) is 37.8 Å². The van der Waals surface area contributed by atoms with Crippen molar-refractivity contribution in [3.8, 4) is 0 Å². The minimum absolute atomic E-state index is 0.296. The fourth-order valence-corrected chi connectivity index (χ4v) is 4.31. The topological polar surface area (TPSA) is 59.1 Å². The van der Waals surface area contributed by atoms with E-state index >= 15 is 0 Å². The lowest BCUT2D eigenvalue weighted by atomic mass is 9.96. The molecular weight excluding hydrogens is 425 g/mol. The normalized spacial score (nSPS) is 14.9. The van der Waals surface area contributed by atoms with Gasteiger partial charge in [0.05, 0.1) is 17.9 Å². The molecule has 30 heavy (non-hydrogen) atoms. The minimum atomic E-state index is -0.377. The lowest BCUT2D eigenvalue weighted by Crippen LogP contribution is -2.40. The first-order chi connectivity index (χ1) is 14.4. The Morgan fingerprint density at radius 1 is 1.33 bits per heavy atom. The van der Waals surface area contributed by atoms with E-state index in [1.54, 1.807) is 6.07 Å². The number of anilines is 1. The second-order valence-corrected chi connectivity index (χ2v) is 8.35. The highest BCUT2D eigenvalue weighted by Gasteiger charge is 2.26. The van der Waals surface area contributed by atoms with Crippen LogP contribution in [0.3, 0.4) is 0 Å². The van der Waals surface area contributed by atoms with Crippen molar-refractivity contribution in [2.45, 2.75) is 39.2 Å². The predicted octanol–water partition coefficient (Wildman–Crippen LogP) is 4.91. The Labute approximate surface area is 185 Å². The van der Waals surface area contributed by atoms with Crippen LogP contribution in [0.2, 0.25) is 5.02 Å². The highest BCUT2D eigenvalue weighted by molar-refractivity contribution is 7.80. The molecule has 158 valence electrons. The number of rotatable bonds is 4. The SMILES string of the molecule is Cc1noc(C)c1Cn1ccnc1C1CCN(C(=S)Nc2cc(Cl)ccc2F)CC1. The van der Waals surface area contributed by atoms with E-state index in [0.717, 1.165) is 48.8 Å². The third-order valence-corrected chi connectivity index (χ3v) is 6.17. The number of nitrogens with one attached hydrogen (secondary N) is 1. The molecule has 0 bridgehead atoms. The van der Waals surface area contributed by atoms with Gasteiger partial charge in [0.25, 0.3) is 0 Å². The van der Waals surface area contributed by atoms with E-state index in [4.69, 9.17) is 28.3 Å². The van der Waals surface area contributed by atoms with Crippen LogP contribution in [0.1, 0.15) is 41.6 Å². The summed E-state index contributed by atoms with van der Waals surface area (Å²) in [6.07, 6.45) is 5.67. The van der Waals surface area contributed by atoms with Crippen LogP contribution in [0, 0.1) is 19.7 Å². The fourth-order valence-electron chi connectivity index (χ4n) is 3.84. The Balaban J connectivity index is 1.39. The van der Waals surface area contributed by atoms with Crippen molar-refractivity contribution in [3.05, 3.63) is 64.3 Å². The number of likely N-dealkylation sites (tertiary alicyclic amines) is 1. The van der Waals surface area contributed by atoms with Gasteiger partial charge in [0.2, 0.25) is 0 Å². The number of piperidine rings is 1. The molecule has 0 unspecified atom stereocenters. The smallest absolute Gasteiger partial charge is 0.173 e. The molecule has 0 atom stereocenters.